The van der Waals surface area contributed by atoms with E-state index in [9.17, 15) is 9.59 Å². The molecule has 4 rings (SSSR count). The monoisotopic (exact) mass is 456 g/mol. The summed E-state index contributed by atoms with van der Waals surface area (Å²) in [5.41, 5.74) is 1.12. The Kier molecular flexibility index (Phi) is 5.75. The van der Waals surface area contributed by atoms with Crippen LogP contribution in [0.3, 0.4) is 0 Å². The lowest BCUT2D eigenvalue weighted by Gasteiger charge is -2.34. The summed E-state index contributed by atoms with van der Waals surface area (Å²) < 4.78 is 0. The first-order valence-corrected chi connectivity index (χ1v) is 11.3. The van der Waals surface area contributed by atoms with Crippen molar-refractivity contribution in [2.45, 2.75) is 58.9 Å². The van der Waals surface area contributed by atoms with Gasteiger partial charge in [-0.3, -0.25) is 14.7 Å². The van der Waals surface area contributed by atoms with Crippen molar-refractivity contribution in [3.63, 3.8) is 0 Å². The normalized spacial score (nSPS) is 20.9. The molecule has 2 aliphatic heterocycles. The Bertz CT molecular complexity index is 1060. The molecule has 0 spiro atoms. The molecule has 0 bridgehead atoms. The molecular weight excluding hydrogens is 428 g/mol. The lowest BCUT2D eigenvalue weighted by atomic mass is 9.94. The van der Waals surface area contributed by atoms with E-state index in [0.29, 0.717) is 29.5 Å². The maximum absolute atomic E-state index is 13.2. The van der Waals surface area contributed by atoms with Gasteiger partial charge in [-0.1, -0.05) is 11.6 Å². The minimum atomic E-state index is -0.606. The fraction of sp³-hybridized carbons (Fsp3) is 0.500. The highest BCUT2D eigenvalue weighted by Crippen LogP contribution is 2.42. The molecule has 32 heavy (non-hydrogen) atoms. The number of hydrogen-bond donors (Lipinski definition) is 0. The number of halogens is 1. The molecule has 1 aromatic heterocycles. The molecule has 0 aliphatic carbocycles. The fourth-order valence-corrected chi connectivity index (χ4v) is 4.46. The summed E-state index contributed by atoms with van der Waals surface area (Å²) in [4.78, 5) is 42.1. The van der Waals surface area contributed by atoms with Gasteiger partial charge in [-0.15, -0.1) is 5.06 Å². The standard InChI is InChI=1S/C24H29ClN4O3/c1-23(2,3)22(31)32-28-10-6-7-15(14-28)19-12-26-13-20(27-19)29-21(30)17-9-8-16(25)11-18(17)24(29,4)5/h8-9,11-13,15H,6-7,10,14H2,1-5H3. The van der Waals surface area contributed by atoms with E-state index >= 15 is 0 Å². The summed E-state index contributed by atoms with van der Waals surface area (Å²) in [5.74, 6) is 0.201. The zero-order chi connectivity index (χ0) is 23.3. The largest absolute Gasteiger partial charge is 0.367 e. The maximum atomic E-state index is 13.2. The van der Waals surface area contributed by atoms with Gasteiger partial charge in [-0.05, 0) is 71.2 Å². The molecule has 7 nitrogen and oxygen atoms in total. The van der Waals surface area contributed by atoms with E-state index in [-0.39, 0.29) is 17.8 Å². The molecule has 1 unspecified atom stereocenters. The molecule has 2 aliphatic rings. The summed E-state index contributed by atoms with van der Waals surface area (Å²) in [6, 6.07) is 5.34. The number of aromatic nitrogens is 2. The molecule has 2 aromatic rings. The third-order valence-corrected chi connectivity index (χ3v) is 6.36. The summed E-state index contributed by atoms with van der Waals surface area (Å²) >= 11 is 6.20. The second-order valence-electron chi connectivity index (χ2n) is 10.0. The van der Waals surface area contributed by atoms with Gasteiger partial charge in [-0.25, -0.2) is 9.78 Å². The first kappa shape index (κ1) is 22.7. The van der Waals surface area contributed by atoms with Gasteiger partial charge in [0.05, 0.1) is 22.8 Å². The molecule has 170 valence electrons. The Morgan fingerprint density at radius 2 is 2.00 bits per heavy atom. The zero-order valence-corrected chi connectivity index (χ0v) is 19.9. The minimum absolute atomic E-state index is 0.0570. The first-order valence-electron chi connectivity index (χ1n) is 10.9. The Morgan fingerprint density at radius 1 is 1.25 bits per heavy atom. The highest BCUT2D eigenvalue weighted by Gasteiger charge is 2.45. The van der Waals surface area contributed by atoms with E-state index < -0.39 is 11.0 Å². The fourth-order valence-electron chi connectivity index (χ4n) is 4.29. The number of hydroxylamine groups is 2. The van der Waals surface area contributed by atoms with Crippen molar-refractivity contribution in [3.8, 4) is 0 Å². The van der Waals surface area contributed by atoms with Crippen molar-refractivity contribution in [2.24, 2.45) is 5.41 Å². The number of rotatable bonds is 3. The molecular formula is C24H29ClN4O3. The quantitative estimate of drug-likeness (QED) is 0.665. The minimum Gasteiger partial charge on any atom is -0.367 e. The number of anilines is 1. The van der Waals surface area contributed by atoms with Gasteiger partial charge in [0.1, 0.15) is 0 Å². The van der Waals surface area contributed by atoms with E-state index in [1.165, 1.54) is 0 Å². The van der Waals surface area contributed by atoms with Crippen LogP contribution in [-0.4, -0.2) is 40.0 Å². The molecule has 1 saturated heterocycles. The van der Waals surface area contributed by atoms with Crippen molar-refractivity contribution in [1.82, 2.24) is 15.0 Å². The van der Waals surface area contributed by atoms with E-state index in [1.54, 1.807) is 34.5 Å². The zero-order valence-electron chi connectivity index (χ0n) is 19.2. The second-order valence-corrected chi connectivity index (χ2v) is 10.5. The first-order chi connectivity index (χ1) is 15.0. The second kappa shape index (κ2) is 8.12. The van der Waals surface area contributed by atoms with Crippen LogP contribution in [0.25, 0.3) is 0 Å². The number of benzene rings is 1. The molecule has 1 fully saturated rings. The number of carbonyl (C=O) groups is 2. The smallest absolute Gasteiger partial charge is 0.330 e. The van der Waals surface area contributed by atoms with Crippen LogP contribution in [0.5, 0.6) is 0 Å². The van der Waals surface area contributed by atoms with Crippen molar-refractivity contribution in [3.05, 3.63) is 52.4 Å². The van der Waals surface area contributed by atoms with Crippen LogP contribution in [0.15, 0.2) is 30.6 Å². The summed E-state index contributed by atoms with van der Waals surface area (Å²) in [5, 5.41) is 2.32. The summed E-state index contributed by atoms with van der Waals surface area (Å²) in [7, 11) is 0. The van der Waals surface area contributed by atoms with Crippen LogP contribution in [0.4, 0.5) is 5.82 Å². The van der Waals surface area contributed by atoms with Gasteiger partial charge in [0.25, 0.3) is 5.91 Å². The Morgan fingerprint density at radius 3 is 2.72 bits per heavy atom. The average molecular weight is 457 g/mol. The van der Waals surface area contributed by atoms with Gasteiger partial charge in [0, 0.05) is 35.8 Å². The van der Waals surface area contributed by atoms with E-state index in [2.05, 4.69) is 4.98 Å². The van der Waals surface area contributed by atoms with Gasteiger partial charge in [0.15, 0.2) is 5.82 Å². The highest BCUT2D eigenvalue weighted by atomic mass is 35.5. The van der Waals surface area contributed by atoms with Crippen molar-refractivity contribution in [1.29, 1.82) is 0 Å². The lowest BCUT2D eigenvalue weighted by Crippen LogP contribution is -2.41. The van der Waals surface area contributed by atoms with Crippen molar-refractivity contribution in [2.75, 3.05) is 18.0 Å². The predicted molar refractivity (Wildman–Crippen MR) is 122 cm³/mol. The van der Waals surface area contributed by atoms with E-state index in [1.807, 2.05) is 40.7 Å². The number of carbonyl (C=O) groups excluding carboxylic acids is 2. The molecule has 0 saturated carbocycles. The molecule has 8 heteroatoms. The Hall–Kier alpha value is -2.51. The number of nitrogens with zero attached hydrogens (tertiary/aromatic N) is 4. The molecule has 0 radical (unpaired) electrons. The van der Waals surface area contributed by atoms with Crippen LogP contribution in [0.1, 0.15) is 75.0 Å². The molecule has 1 atom stereocenters. The number of fused-ring (bicyclic) bond motifs is 1. The predicted octanol–water partition coefficient (Wildman–Crippen LogP) is 4.71. The Labute approximate surface area is 193 Å². The van der Waals surface area contributed by atoms with Crippen LogP contribution < -0.4 is 4.90 Å². The number of amides is 1. The van der Waals surface area contributed by atoms with Crippen LogP contribution in [0.2, 0.25) is 5.02 Å². The van der Waals surface area contributed by atoms with Crippen LogP contribution >= 0.6 is 11.6 Å². The Balaban J connectivity index is 1.58. The molecule has 0 N–H and O–H groups in total. The van der Waals surface area contributed by atoms with Gasteiger partial charge < -0.3 is 4.84 Å². The average Bonchev–Trinajstić information content (AvgIpc) is 2.92. The van der Waals surface area contributed by atoms with E-state index in [0.717, 1.165) is 24.1 Å². The van der Waals surface area contributed by atoms with Crippen LogP contribution in [0, 0.1) is 5.41 Å². The lowest BCUT2D eigenvalue weighted by molar-refractivity contribution is -0.205. The van der Waals surface area contributed by atoms with Gasteiger partial charge >= 0.3 is 5.97 Å². The van der Waals surface area contributed by atoms with Crippen molar-refractivity contribution < 1.29 is 14.4 Å². The summed E-state index contributed by atoms with van der Waals surface area (Å²) in [6.45, 7) is 10.7. The van der Waals surface area contributed by atoms with Gasteiger partial charge in [0.2, 0.25) is 0 Å². The van der Waals surface area contributed by atoms with E-state index in [4.69, 9.17) is 21.4 Å². The highest BCUT2D eigenvalue weighted by molar-refractivity contribution is 6.31. The summed E-state index contributed by atoms with van der Waals surface area (Å²) in [6.07, 6.45) is 5.15. The SMILES string of the molecule is CC(C)(C)C(=O)ON1CCCC(c2cncc(N3C(=O)c4ccc(Cl)cc4C3(C)C)n2)C1. The molecule has 1 amide bonds. The number of piperidine rings is 1. The third-order valence-electron chi connectivity index (χ3n) is 6.13. The topological polar surface area (TPSA) is 75.6 Å². The van der Waals surface area contributed by atoms with Gasteiger partial charge in [-0.2, -0.15) is 0 Å². The third kappa shape index (κ3) is 4.11. The van der Waals surface area contributed by atoms with Crippen LogP contribution in [-0.2, 0) is 15.2 Å². The van der Waals surface area contributed by atoms with Crippen molar-refractivity contribution >= 4 is 29.3 Å². The maximum Gasteiger partial charge on any atom is 0.330 e. The molecule has 1 aromatic carbocycles. The molecule has 3 heterocycles. The number of hydrogen-bond acceptors (Lipinski definition) is 6.